The Labute approximate surface area is 216 Å². The zero-order valence-electron chi connectivity index (χ0n) is 21.9. The standard InChI is InChI=1S/C27H35FN8O/c1-16-12-22(31-26-29-15-17(2)24(33-26)32-23-13-18(3)34-35-23)21(28)14-20(16)19-6-10-36(11-7-19)25(37)27(4)8-5-9-30-27/h12-15,19,30H,5-11H2,1-4H3,(H3,29,31,32,33,34,35)/t27-/m0/s1. The third-order valence-corrected chi connectivity index (χ3v) is 7.59. The first-order chi connectivity index (χ1) is 17.7. The number of rotatable bonds is 6. The van der Waals surface area contributed by atoms with E-state index in [0.29, 0.717) is 36.4 Å². The molecule has 2 aliphatic rings. The van der Waals surface area contributed by atoms with Crippen molar-refractivity contribution < 1.29 is 9.18 Å². The number of benzene rings is 1. The van der Waals surface area contributed by atoms with Crippen LogP contribution in [0, 0.1) is 26.6 Å². The van der Waals surface area contributed by atoms with E-state index in [4.69, 9.17) is 0 Å². The quantitative estimate of drug-likeness (QED) is 0.387. The first kappa shape index (κ1) is 25.1. The molecule has 1 atom stereocenters. The molecular formula is C27H35FN8O. The average Bonchev–Trinajstić information content (AvgIpc) is 3.51. The lowest BCUT2D eigenvalue weighted by molar-refractivity contribution is -0.138. The number of hydrogen-bond donors (Lipinski definition) is 4. The fourth-order valence-corrected chi connectivity index (χ4v) is 5.40. The molecule has 0 radical (unpaired) electrons. The highest BCUT2D eigenvalue weighted by Crippen LogP contribution is 2.35. The minimum Gasteiger partial charge on any atom is -0.341 e. The van der Waals surface area contributed by atoms with E-state index >= 15 is 4.39 Å². The second-order valence-corrected chi connectivity index (χ2v) is 10.5. The Morgan fingerprint density at radius 2 is 1.92 bits per heavy atom. The number of amides is 1. The summed E-state index contributed by atoms with van der Waals surface area (Å²) in [5.41, 5.74) is 3.69. The number of hydrogen-bond acceptors (Lipinski definition) is 7. The maximum atomic E-state index is 15.2. The topological polar surface area (TPSA) is 111 Å². The molecule has 0 bridgehead atoms. The molecule has 1 amide bonds. The van der Waals surface area contributed by atoms with Gasteiger partial charge in [-0.15, -0.1) is 0 Å². The molecule has 1 aromatic carbocycles. The van der Waals surface area contributed by atoms with Gasteiger partial charge in [-0.2, -0.15) is 10.1 Å². The molecule has 2 aliphatic heterocycles. The van der Waals surface area contributed by atoms with E-state index in [0.717, 1.165) is 54.6 Å². The lowest BCUT2D eigenvalue weighted by atomic mass is 9.85. The molecule has 0 saturated carbocycles. The van der Waals surface area contributed by atoms with Crippen LogP contribution in [0.3, 0.4) is 0 Å². The largest absolute Gasteiger partial charge is 0.341 e. The van der Waals surface area contributed by atoms with Crippen LogP contribution in [0.5, 0.6) is 0 Å². The van der Waals surface area contributed by atoms with Crippen molar-refractivity contribution in [3.05, 3.63) is 52.6 Å². The summed E-state index contributed by atoms with van der Waals surface area (Å²) in [5, 5.41) is 16.6. The predicted molar refractivity (Wildman–Crippen MR) is 142 cm³/mol. The van der Waals surface area contributed by atoms with Gasteiger partial charge in [0.25, 0.3) is 0 Å². The Morgan fingerprint density at radius 3 is 2.59 bits per heavy atom. The second-order valence-electron chi connectivity index (χ2n) is 10.5. The lowest BCUT2D eigenvalue weighted by Crippen LogP contribution is -2.54. The summed E-state index contributed by atoms with van der Waals surface area (Å²) in [7, 11) is 0. The number of halogens is 1. The summed E-state index contributed by atoms with van der Waals surface area (Å²) in [4.78, 5) is 23.8. The normalized spacial score (nSPS) is 20.3. The smallest absolute Gasteiger partial charge is 0.242 e. The zero-order chi connectivity index (χ0) is 26.2. The van der Waals surface area contributed by atoms with Crippen molar-refractivity contribution in [2.45, 2.75) is 64.8 Å². The highest BCUT2D eigenvalue weighted by atomic mass is 19.1. The number of nitrogens with one attached hydrogen (secondary N) is 4. The molecule has 0 spiro atoms. The molecule has 5 rings (SSSR count). The minimum absolute atomic E-state index is 0.195. The number of likely N-dealkylation sites (tertiary alicyclic amines) is 1. The van der Waals surface area contributed by atoms with Gasteiger partial charge in [-0.3, -0.25) is 9.89 Å². The van der Waals surface area contributed by atoms with E-state index in [9.17, 15) is 4.79 Å². The number of nitrogens with zero attached hydrogens (tertiary/aromatic N) is 4. The Kier molecular flexibility index (Phi) is 6.85. The summed E-state index contributed by atoms with van der Waals surface area (Å²) < 4.78 is 15.2. The van der Waals surface area contributed by atoms with Gasteiger partial charge in [-0.25, -0.2) is 9.37 Å². The third kappa shape index (κ3) is 5.29. The molecule has 37 heavy (non-hydrogen) atoms. The van der Waals surface area contributed by atoms with Gasteiger partial charge in [-0.1, -0.05) is 0 Å². The molecule has 2 saturated heterocycles. The van der Waals surface area contributed by atoms with Gasteiger partial charge in [0, 0.05) is 36.6 Å². The van der Waals surface area contributed by atoms with Crippen molar-refractivity contribution in [1.29, 1.82) is 0 Å². The molecule has 0 unspecified atom stereocenters. The van der Waals surface area contributed by atoms with Crippen molar-refractivity contribution in [3.8, 4) is 0 Å². The Morgan fingerprint density at radius 1 is 1.14 bits per heavy atom. The van der Waals surface area contributed by atoms with Gasteiger partial charge in [0.2, 0.25) is 11.9 Å². The van der Waals surface area contributed by atoms with Gasteiger partial charge in [0.1, 0.15) is 11.6 Å². The molecule has 4 heterocycles. The molecule has 0 aliphatic carbocycles. The molecular weight excluding hydrogens is 471 g/mol. The minimum atomic E-state index is -0.438. The summed E-state index contributed by atoms with van der Waals surface area (Å²) in [6.45, 7) is 10.1. The summed E-state index contributed by atoms with van der Waals surface area (Å²) in [5.74, 6) is 1.62. The van der Waals surface area contributed by atoms with E-state index in [1.807, 2.05) is 44.7 Å². The molecule has 10 heteroatoms. The SMILES string of the molecule is Cc1cc(Nc2nc(Nc3cc(C)c(C4CCN(C(=O)[C@]5(C)CCCN5)CC4)cc3F)ncc2C)n[nH]1. The molecule has 2 fully saturated rings. The van der Waals surface area contributed by atoms with Crippen molar-refractivity contribution in [2.75, 3.05) is 30.3 Å². The fourth-order valence-electron chi connectivity index (χ4n) is 5.40. The first-order valence-electron chi connectivity index (χ1n) is 13.0. The summed E-state index contributed by atoms with van der Waals surface area (Å²) >= 11 is 0. The number of carbonyl (C=O) groups excluding carboxylic acids is 1. The van der Waals surface area contributed by atoms with Crippen LogP contribution in [0.15, 0.2) is 24.4 Å². The van der Waals surface area contributed by atoms with Crippen LogP contribution in [0.25, 0.3) is 0 Å². The third-order valence-electron chi connectivity index (χ3n) is 7.59. The molecule has 196 valence electrons. The van der Waals surface area contributed by atoms with Gasteiger partial charge >= 0.3 is 0 Å². The highest BCUT2D eigenvalue weighted by Gasteiger charge is 2.40. The maximum Gasteiger partial charge on any atom is 0.242 e. The summed E-state index contributed by atoms with van der Waals surface area (Å²) in [6, 6.07) is 5.32. The Balaban J connectivity index is 1.26. The summed E-state index contributed by atoms with van der Waals surface area (Å²) in [6.07, 6.45) is 5.27. The molecule has 4 N–H and O–H groups in total. The molecule has 2 aromatic heterocycles. The van der Waals surface area contributed by atoms with E-state index in [1.165, 1.54) is 0 Å². The van der Waals surface area contributed by atoms with E-state index in [1.54, 1.807) is 12.3 Å². The van der Waals surface area contributed by atoms with Crippen LogP contribution in [0.1, 0.15) is 60.9 Å². The van der Waals surface area contributed by atoms with Crippen LogP contribution < -0.4 is 16.0 Å². The number of aromatic amines is 1. The average molecular weight is 507 g/mol. The van der Waals surface area contributed by atoms with Gasteiger partial charge in [0.15, 0.2) is 5.82 Å². The molecule has 3 aromatic rings. The second kappa shape index (κ2) is 10.1. The number of piperidine rings is 1. The van der Waals surface area contributed by atoms with Crippen LogP contribution in [-0.2, 0) is 4.79 Å². The maximum absolute atomic E-state index is 15.2. The monoisotopic (exact) mass is 506 g/mol. The molecule has 9 nitrogen and oxygen atoms in total. The van der Waals surface area contributed by atoms with Crippen molar-refractivity contribution in [1.82, 2.24) is 30.4 Å². The number of aryl methyl sites for hydroxylation is 3. The van der Waals surface area contributed by atoms with Crippen molar-refractivity contribution in [3.63, 3.8) is 0 Å². The Hall–Kier alpha value is -3.53. The van der Waals surface area contributed by atoms with Crippen molar-refractivity contribution >= 4 is 29.2 Å². The van der Waals surface area contributed by atoms with E-state index < -0.39 is 5.54 Å². The number of H-pyrrole nitrogens is 1. The fraction of sp³-hybridized carbons (Fsp3) is 0.481. The van der Waals surface area contributed by atoms with Crippen LogP contribution in [-0.4, -0.2) is 56.1 Å². The van der Waals surface area contributed by atoms with Gasteiger partial charge in [-0.05, 0) is 89.1 Å². The van der Waals surface area contributed by atoms with Crippen LogP contribution >= 0.6 is 0 Å². The first-order valence-corrected chi connectivity index (χ1v) is 13.0. The Bertz CT molecular complexity index is 1290. The lowest BCUT2D eigenvalue weighted by Gasteiger charge is -2.37. The van der Waals surface area contributed by atoms with Crippen molar-refractivity contribution in [2.24, 2.45) is 0 Å². The van der Waals surface area contributed by atoms with E-state index in [2.05, 4.69) is 36.1 Å². The van der Waals surface area contributed by atoms with Crippen LogP contribution in [0.4, 0.5) is 27.7 Å². The highest BCUT2D eigenvalue weighted by molar-refractivity contribution is 5.86. The van der Waals surface area contributed by atoms with Crippen LogP contribution in [0.2, 0.25) is 0 Å². The van der Waals surface area contributed by atoms with E-state index in [-0.39, 0.29) is 17.6 Å². The zero-order valence-corrected chi connectivity index (χ0v) is 21.9. The number of anilines is 4. The number of carbonyl (C=O) groups is 1. The predicted octanol–water partition coefficient (Wildman–Crippen LogP) is 4.60. The number of aromatic nitrogens is 4. The van der Waals surface area contributed by atoms with Gasteiger partial charge < -0.3 is 20.9 Å². The van der Waals surface area contributed by atoms with Gasteiger partial charge in [0.05, 0.1) is 11.2 Å².